The molecule has 1 heterocycles. The largest absolute Gasteiger partial charge is 0.350 e. The third kappa shape index (κ3) is 1.88. The van der Waals surface area contributed by atoms with Gasteiger partial charge < -0.3 is 9.47 Å². The Bertz CT molecular complexity index is 268. The van der Waals surface area contributed by atoms with Gasteiger partial charge in [0.05, 0.1) is 13.2 Å². The van der Waals surface area contributed by atoms with Crippen LogP contribution in [0.25, 0.3) is 0 Å². The molecule has 0 bridgehead atoms. The van der Waals surface area contributed by atoms with Crippen molar-refractivity contribution >= 4 is 5.78 Å². The molecule has 1 fully saturated rings. The summed E-state index contributed by atoms with van der Waals surface area (Å²) in [5.41, 5.74) is -0.0959. The number of rotatable bonds is 0. The second-order valence-electron chi connectivity index (χ2n) is 4.73. The number of hydrogen-bond acceptors (Lipinski definition) is 3. The number of ketones is 1. The quantitative estimate of drug-likeness (QED) is 0.591. The van der Waals surface area contributed by atoms with E-state index in [4.69, 9.17) is 9.47 Å². The Balaban J connectivity index is 2.06. The maximum absolute atomic E-state index is 11.3. The number of carbonyl (C=O) groups is 1. The van der Waals surface area contributed by atoms with Gasteiger partial charge in [0.2, 0.25) is 0 Å². The Hall–Kier alpha value is -0.670. The molecule has 2 rings (SSSR count). The van der Waals surface area contributed by atoms with E-state index in [1.54, 1.807) is 6.08 Å². The molecule has 0 N–H and O–H groups in total. The second kappa shape index (κ2) is 3.17. The van der Waals surface area contributed by atoms with Crippen LogP contribution in [0.1, 0.15) is 26.7 Å². The van der Waals surface area contributed by atoms with E-state index >= 15 is 0 Å². The minimum absolute atomic E-state index is 0.0959. The maximum atomic E-state index is 11.3. The molecule has 0 radical (unpaired) electrons. The van der Waals surface area contributed by atoms with E-state index in [0.717, 1.165) is 6.42 Å². The highest BCUT2D eigenvalue weighted by Crippen LogP contribution is 2.37. The molecule has 0 saturated carbocycles. The molecule has 0 aromatic rings. The Labute approximate surface area is 84.1 Å². The van der Waals surface area contributed by atoms with Gasteiger partial charge in [0, 0.05) is 11.8 Å². The smallest absolute Gasteiger partial charge is 0.162 e. The number of hydrogen-bond donors (Lipinski definition) is 0. The van der Waals surface area contributed by atoms with E-state index in [1.165, 1.54) is 0 Å². The molecule has 78 valence electrons. The second-order valence-corrected chi connectivity index (χ2v) is 4.73. The van der Waals surface area contributed by atoms with Crippen molar-refractivity contribution in [2.75, 3.05) is 13.2 Å². The van der Waals surface area contributed by atoms with Gasteiger partial charge in [-0.15, -0.1) is 0 Å². The predicted molar refractivity (Wildman–Crippen MR) is 51.8 cm³/mol. The lowest BCUT2D eigenvalue weighted by Crippen LogP contribution is -2.47. The molecule has 1 saturated heterocycles. The first-order chi connectivity index (χ1) is 6.52. The Kier molecular flexibility index (Phi) is 2.24. The highest BCUT2D eigenvalue weighted by Gasteiger charge is 2.41. The first-order valence-corrected chi connectivity index (χ1v) is 4.99. The van der Waals surface area contributed by atoms with Crippen molar-refractivity contribution in [1.29, 1.82) is 0 Å². The molecular formula is C11H16O3. The fourth-order valence-corrected chi connectivity index (χ4v) is 1.90. The molecule has 0 unspecified atom stereocenters. The minimum atomic E-state index is -0.491. The van der Waals surface area contributed by atoms with Gasteiger partial charge in [-0.05, 0) is 26.3 Å². The highest BCUT2D eigenvalue weighted by atomic mass is 16.7. The molecule has 1 aliphatic carbocycles. The first-order valence-electron chi connectivity index (χ1n) is 4.99. The van der Waals surface area contributed by atoms with Crippen LogP contribution >= 0.6 is 0 Å². The van der Waals surface area contributed by atoms with Crippen LogP contribution < -0.4 is 0 Å². The summed E-state index contributed by atoms with van der Waals surface area (Å²) < 4.78 is 11.2. The lowest BCUT2D eigenvalue weighted by Gasteiger charge is -2.43. The SMILES string of the molecule is CC1(C)OCC2(CC=CC(=O)C2)CO1. The molecular weight excluding hydrogens is 180 g/mol. The van der Waals surface area contributed by atoms with E-state index in [-0.39, 0.29) is 11.2 Å². The van der Waals surface area contributed by atoms with Crippen LogP contribution in [-0.4, -0.2) is 24.8 Å². The molecule has 0 atom stereocenters. The zero-order valence-corrected chi connectivity index (χ0v) is 8.71. The third-order valence-corrected chi connectivity index (χ3v) is 2.86. The lowest BCUT2D eigenvalue weighted by molar-refractivity contribution is -0.285. The van der Waals surface area contributed by atoms with Crippen molar-refractivity contribution in [3.63, 3.8) is 0 Å². The van der Waals surface area contributed by atoms with Crippen molar-refractivity contribution in [3.8, 4) is 0 Å². The number of carbonyl (C=O) groups excluding carboxylic acids is 1. The summed E-state index contributed by atoms with van der Waals surface area (Å²) in [6, 6.07) is 0. The summed E-state index contributed by atoms with van der Waals surface area (Å²) in [6.07, 6.45) is 5.02. The summed E-state index contributed by atoms with van der Waals surface area (Å²) in [7, 11) is 0. The van der Waals surface area contributed by atoms with E-state index in [2.05, 4.69) is 0 Å². The summed E-state index contributed by atoms with van der Waals surface area (Å²) in [6.45, 7) is 5.05. The monoisotopic (exact) mass is 196 g/mol. The first kappa shape index (κ1) is 9.87. The predicted octanol–water partition coefficient (Wildman–Crippen LogP) is 1.67. The normalized spacial score (nSPS) is 29.4. The van der Waals surface area contributed by atoms with E-state index in [9.17, 15) is 4.79 Å². The summed E-state index contributed by atoms with van der Waals surface area (Å²) >= 11 is 0. The van der Waals surface area contributed by atoms with Crippen LogP contribution in [0.4, 0.5) is 0 Å². The minimum Gasteiger partial charge on any atom is -0.350 e. The standard InChI is InChI=1S/C11H16O3/c1-10(2)13-7-11(8-14-10)5-3-4-9(12)6-11/h3-4H,5-8H2,1-2H3. The van der Waals surface area contributed by atoms with Crippen LogP contribution in [0.3, 0.4) is 0 Å². The highest BCUT2D eigenvalue weighted by molar-refractivity contribution is 5.91. The van der Waals surface area contributed by atoms with Crippen LogP contribution in [0, 0.1) is 5.41 Å². The van der Waals surface area contributed by atoms with E-state index in [0.29, 0.717) is 19.6 Å². The van der Waals surface area contributed by atoms with E-state index in [1.807, 2.05) is 19.9 Å². The van der Waals surface area contributed by atoms with Crippen LogP contribution in [0.5, 0.6) is 0 Å². The van der Waals surface area contributed by atoms with Crippen molar-refractivity contribution in [1.82, 2.24) is 0 Å². The molecule has 1 spiro atoms. The van der Waals surface area contributed by atoms with Crippen molar-refractivity contribution < 1.29 is 14.3 Å². The molecule has 0 aromatic carbocycles. The Morgan fingerprint density at radius 1 is 1.29 bits per heavy atom. The summed E-state index contributed by atoms with van der Waals surface area (Å²) in [5, 5.41) is 0. The van der Waals surface area contributed by atoms with Crippen LogP contribution in [0.2, 0.25) is 0 Å². The lowest BCUT2D eigenvalue weighted by atomic mass is 9.77. The van der Waals surface area contributed by atoms with Gasteiger partial charge in [-0.1, -0.05) is 6.08 Å². The molecule has 2 aliphatic rings. The van der Waals surface area contributed by atoms with Gasteiger partial charge in [-0.2, -0.15) is 0 Å². The fraction of sp³-hybridized carbons (Fsp3) is 0.727. The summed E-state index contributed by atoms with van der Waals surface area (Å²) in [4.78, 5) is 11.3. The molecule has 3 heteroatoms. The Morgan fingerprint density at radius 2 is 1.93 bits per heavy atom. The Morgan fingerprint density at radius 3 is 2.50 bits per heavy atom. The van der Waals surface area contributed by atoms with Crippen LogP contribution in [-0.2, 0) is 14.3 Å². The molecule has 3 nitrogen and oxygen atoms in total. The maximum Gasteiger partial charge on any atom is 0.162 e. The molecule has 0 aromatic heterocycles. The molecule has 0 amide bonds. The average Bonchev–Trinajstić information content (AvgIpc) is 2.12. The van der Waals surface area contributed by atoms with Crippen molar-refractivity contribution in [3.05, 3.63) is 12.2 Å². The molecule has 14 heavy (non-hydrogen) atoms. The number of ether oxygens (including phenoxy) is 2. The summed E-state index contributed by atoms with van der Waals surface area (Å²) in [5.74, 6) is -0.307. The fourth-order valence-electron chi connectivity index (χ4n) is 1.90. The van der Waals surface area contributed by atoms with Gasteiger partial charge in [0.1, 0.15) is 0 Å². The van der Waals surface area contributed by atoms with Gasteiger partial charge in [-0.25, -0.2) is 0 Å². The van der Waals surface area contributed by atoms with Crippen molar-refractivity contribution in [2.45, 2.75) is 32.5 Å². The third-order valence-electron chi connectivity index (χ3n) is 2.86. The van der Waals surface area contributed by atoms with Crippen molar-refractivity contribution in [2.24, 2.45) is 5.41 Å². The van der Waals surface area contributed by atoms with Crippen LogP contribution in [0.15, 0.2) is 12.2 Å². The van der Waals surface area contributed by atoms with Gasteiger partial charge in [0.15, 0.2) is 11.6 Å². The average molecular weight is 196 g/mol. The van der Waals surface area contributed by atoms with Gasteiger partial charge in [-0.3, -0.25) is 4.79 Å². The van der Waals surface area contributed by atoms with Gasteiger partial charge in [0.25, 0.3) is 0 Å². The number of allylic oxidation sites excluding steroid dienone is 2. The zero-order valence-electron chi connectivity index (χ0n) is 8.71. The molecule has 1 aliphatic heterocycles. The topological polar surface area (TPSA) is 35.5 Å². The van der Waals surface area contributed by atoms with E-state index < -0.39 is 5.79 Å². The zero-order chi connectivity index (χ0) is 10.2. The van der Waals surface area contributed by atoms with Gasteiger partial charge >= 0.3 is 0 Å².